The number of anilines is 1. The Labute approximate surface area is 165 Å². The molecule has 0 aliphatic heterocycles. The highest BCUT2D eigenvalue weighted by atomic mass is 32.1. The summed E-state index contributed by atoms with van der Waals surface area (Å²) >= 11 is 1.31. The van der Waals surface area contributed by atoms with Gasteiger partial charge in [0, 0.05) is 16.3 Å². The van der Waals surface area contributed by atoms with E-state index < -0.39 is 0 Å². The number of nitrogens with one attached hydrogen (secondary N) is 1. The zero-order chi connectivity index (χ0) is 19.5. The SMILES string of the molecule is CCOc1cccc2cc(-c3csc(NC(=O)c4ccc(C#N)cc4)n3)oc12. The minimum atomic E-state index is -0.284. The summed E-state index contributed by atoms with van der Waals surface area (Å²) < 4.78 is 11.5. The van der Waals surface area contributed by atoms with E-state index >= 15 is 0 Å². The Morgan fingerprint density at radius 2 is 2.11 bits per heavy atom. The van der Waals surface area contributed by atoms with E-state index in [-0.39, 0.29) is 5.91 Å². The second-order valence-corrected chi connectivity index (χ2v) is 6.76. The molecule has 4 aromatic rings. The van der Waals surface area contributed by atoms with Gasteiger partial charge in [0.2, 0.25) is 0 Å². The van der Waals surface area contributed by atoms with E-state index in [9.17, 15) is 4.79 Å². The maximum absolute atomic E-state index is 12.3. The lowest BCUT2D eigenvalue weighted by Crippen LogP contribution is -2.11. The Morgan fingerprint density at radius 1 is 1.29 bits per heavy atom. The van der Waals surface area contributed by atoms with Crippen LogP contribution in [0, 0.1) is 11.3 Å². The van der Waals surface area contributed by atoms with Crippen LogP contribution < -0.4 is 10.1 Å². The first kappa shape index (κ1) is 17.8. The largest absolute Gasteiger partial charge is 0.490 e. The quantitative estimate of drug-likeness (QED) is 0.514. The van der Waals surface area contributed by atoms with E-state index in [0.29, 0.717) is 45.7 Å². The topological polar surface area (TPSA) is 88.1 Å². The number of thiazole rings is 1. The molecule has 7 heteroatoms. The standard InChI is InChI=1S/C21H15N3O3S/c1-2-26-17-5-3-4-15-10-18(27-19(15)17)16-12-28-21(23-16)24-20(25)14-8-6-13(11-22)7-9-14/h3-10,12H,2H2,1H3,(H,23,24,25). The molecule has 6 nitrogen and oxygen atoms in total. The van der Waals surface area contributed by atoms with Gasteiger partial charge in [-0.15, -0.1) is 11.3 Å². The van der Waals surface area contributed by atoms with Crippen LogP contribution in [-0.4, -0.2) is 17.5 Å². The molecule has 1 N–H and O–H groups in total. The second-order valence-electron chi connectivity index (χ2n) is 5.90. The van der Waals surface area contributed by atoms with E-state index in [4.69, 9.17) is 14.4 Å². The zero-order valence-corrected chi connectivity index (χ0v) is 15.7. The number of carbonyl (C=O) groups is 1. The first-order chi connectivity index (χ1) is 13.7. The number of fused-ring (bicyclic) bond motifs is 1. The molecule has 2 heterocycles. The number of furan rings is 1. The van der Waals surface area contributed by atoms with Gasteiger partial charge >= 0.3 is 0 Å². The minimum absolute atomic E-state index is 0.284. The van der Waals surface area contributed by atoms with Crippen molar-refractivity contribution in [1.82, 2.24) is 4.98 Å². The molecular weight excluding hydrogens is 374 g/mol. The van der Waals surface area contributed by atoms with Crippen LogP contribution in [0.25, 0.3) is 22.4 Å². The lowest BCUT2D eigenvalue weighted by molar-refractivity contribution is 0.102. The summed E-state index contributed by atoms with van der Waals surface area (Å²) in [6, 6.07) is 16.1. The predicted octanol–water partition coefficient (Wildman–Crippen LogP) is 5.08. The summed E-state index contributed by atoms with van der Waals surface area (Å²) in [6.07, 6.45) is 0. The molecule has 0 saturated heterocycles. The zero-order valence-electron chi connectivity index (χ0n) is 14.9. The van der Waals surface area contributed by atoms with Crippen LogP contribution in [0.4, 0.5) is 5.13 Å². The molecule has 0 aliphatic carbocycles. The first-order valence-electron chi connectivity index (χ1n) is 8.60. The number of hydrogen-bond donors (Lipinski definition) is 1. The number of hydrogen-bond acceptors (Lipinski definition) is 6. The van der Waals surface area contributed by atoms with Crippen LogP contribution in [0.3, 0.4) is 0 Å². The molecule has 138 valence electrons. The maximum atomic E-state index is 12.3. The van der Waals surface area contributed by atoms with E-state index in [1.54, 1.807) is 24.3 Å². The highest BCUT2D eigenvalue weighted by molar-refractivity contribution is 7.14. The first-order valence-corrected chi connectivity index (χ1v) is 9.48. The van der Waals surface area contributed by atoms with Gasteiger partial charge in [-0.1, -0.05) is 12.1 Å². The van der Waals surface area contributed by atoms with Gasteiger partial charge in [-0.3, -0.25) is 10.1 Å². The molecule has 0 bridgehead atoms. The number of nitriles is 1. The fourth-order valence-corrected chi connectivity index (χ4v) is 3.44. The Kier molecular flexibility index (Phi) is 4.79. The molecule has 0 unspecified atom stereocenters. The number of ether oxygens (including phenoxy) is 1. The molecule has 28 heavy (non-hydrogen) atoms. The number of aromatic nitrogens is 1. The van der Waals surface area contributed by atoms with E-state index in [0.717, 1.165) is 5.39 Å². The number of nitrogens with zero attached hydrogens (tertiary/aromatic N) is 2. The fraction of sp³-hybridized carbons (Fsp3) is 0.0952. The van der Waals surface area contributed by atoms with E-state index in [2.05, 4.69) is 10.3 Å². The Hall–Kier alpha value is -3.63. The predicted molar refractivity (Wildman–Crippen MR) is 108 cm³/mol. The molecule has 0 radical (unpaired) electrons. The minimum Gasteiger partial charge on any atom is -0.490 e. The van der Waals surface area contributed by atoms with Crippen molar-refractivity contribution in [2.75, 3.05) is 11.9 Å². The van der Waals surface area contributed by atoms with Crippen molar-refractivity contribution in [1.29, 1.82) is 5.26 Å². The van der Waals surface area contributed by atoms with Crippen LogP contribution >= 0.6 is 11.3 Å². The van der Waals surface area contributed by atoms with Crippen LogP contribution in [0.2, 0.25) is 0 Å². The molecular formula is C21H15N3O3S. The van der Waals surface area contributed by atoms with Gasteiger partial charge in [-0.2, -0.15) is 5.26 Å². The van der Waals surface area contributed by atoms with Crippen LogP contribution in [0.15, 0.2) is 58.3 Å². The number of rotatable bonds is 5. The summed E-state index contributed by atoms with van der Waals surface area (Å²) in [7, 11) is 0. The summed E-state index contributed by atoms with van der Waals surface area (Å²) in [5, 5.41) is 14.8. The third-order valence-corrected chi connectivity index (χ3v) is 4.82. The smallest absolute Gasteiger partial charge is 0.257 e. The number of amides is 1. The van der Waals surface area contributed by atoms with Gasteiger partial charge in [-0.05, 0) is 43.3 Å². The lowest BCUT2D eigenvalue weighted by Gasteiger charge is -2.02. The van der Waals surface area contributed by atoms with E-state index in [1.807, 2.05) is 42.6 Å². The second kappa shape index (κ2) is 7.55. The Bertz CT molecular complexity index is 1190. The monoisotopic (exact) mass is 389 g/mol. The molecule has 0 spiro atoms. The fourth-order valence-electron chi connectivity index (χ4n) is 2.74. The van der Waals surface area contributed by atoms with Crippen LogP contribution in [0.1, 0.15) is 22.8 Å². The average Bonchev–Trinajstić information content (AvgIpc) is 3.35. The van der Waals surface area contributed by atoms with E-state index in [1.165, 1.54) is 11.3 Å². The molecule has 0 atom stereocenters. The van der Waals surface area contributed by atoms with Crippen molar-refractivity contribution in [3.8, 4) is 23.3 Å². The number of benzene rings is 2. The van der Waals surface area contributed by atoms with Gasteiger partial charge in [0.05, 0.1) is 18.2 Å². The molecule has 4 rings (SSSR count). The van der Waals surface area contributed by atoms with Crippen molar-refractivity contribution in [3.05, 3.63) is 65.0 Å². The average molecular weight is 389 g/mol. The van der Waals surface area contributed by atoms with Crippen LogP contribution in [-0.2, 0) is 0 Å². The normalized spacial score (nSPS) is 10.6. The molecule has 0 fully saturated rings. The summed E-state index contributed by atoms with van der Waals surface area (Å²) in [5.41, 5.74) is 2.28. The Balaban J connectivity index is 1.55. The van der Waals surface area contributed by atoms with Crippen molar-refractivity contribution < 1.29 is 13.9 Å². The lowest BCUT2D eigenvalue weighted by atomic mass is 10.1. The van der Waals surface area contributed by atoms with Gasteiger partial charge in [-0.25, -0.2) is 4.98 Å². The van der Waals surface area contributed by atoms with Gasteiger partial charge < -0.3 is 9.15 Å². The molecule has 1 amide bonds. The van der Waals surface area contributed by atoms with Crippen molar-refractivity contribution in [2.45, 2.75) is 6.92 Å². The van der Waals surface area contributed by atoms with Gasteiger partial charge in [0.15, 0.2) is 22.2 Å². The van der Waals surface area contributed by atoms with Crippen molar-refractivity contribution >= 4 is 33.3 Å². The Morgan fingerprint density at radius 3 is 2.86 bits per heavy atom. The summed E-state index contributed by atoms with van der Waals surface area (Å²) in [5.74, 6) is 1.02. The third-order valence-electron chi connectivity index (χ3n) is 4.06. The van der Waals surface area contributed by atoms with Crippen LogP contribution in [0.5, 0.6) is 5.75 Å². The molecule has 0 saturated carbocycles. The van der Waals surface area contributed by atoms with Crippen molar-refractivity contribution in [2.24, 2.45) is 0 Å². The molecule has 2 aromatic heterocycles. The third kappa shape index (κ3) is 3.46. The highest BCUT2D eigenvalue weighted by Crippen LogP contribution is 2.34. The number of carbonyl (C=O) groups excluding carboxylic acids is 1. The maximum Gasteiger partial charge on any atom is 0.257 e. The van der Waals surface area contributed by atoms with Crippen molar-refractivity contribution in [3.63, 3.8) is 0 Å². The highest BCUT2D eigenvalue weighted by Gasteiger charge is 2.15. The number of para-hydroxylation sites is 1. The molecule has 2 aromatic carbocycles. The van der Waals surface area contributed by atoms with Gasteiger partial charge in [0.25, 0.3) is 5.91 Å². The van der Waals surface area contributed by atoms with Gasteiger partial charge in [0.1, 0.15) is 5.69 Å². The summed E-state index contributed by atoms with van der Waals surface area (Å²) in [4.78, 5) is 16.8. The summed E-state index contributed by atoms with van der Waals surface area (Å²) in [6.45, 7) is 2.48. The molecule has 0 aliphatic rings.